The predicted molar refractivity (Wildman–Crippen MR) is 72.0 cm³/mol. The van der Waals surface area contributed by atoms with Crippen molar-refractivity contribution in [1.82, 2.24) is 0 Å². The molecule has 0 bridgehead atoms. The molecule has 0 aliphatic heterocycles. The Morgan fingerprint density at radius 3 is 2.75 bits per heavy atom. The Bertz CT molecular complexity index is 475. The molecule has 2 rings (SSSR count). The van der Waals surface area contributed by atoms with Crippen LogP contribution in [0.1, 0.15) is 16.7 Å². The van der Waals surface area contributed by atoms with E-state index in [2.05, 4.69) is 42.1 Å². The normalized spacial score (nSPS) is 10.4. The second-order valence-corrected chi connectivity index (χ2v) is 4.72. The van der Waals surface area contributed by atoms with E-state index >= 15 is 0 Å². The Balaban J connectivity index is 2.18. The molecule has 0 spiro atoms. The third-order valence-corrected chi connectivity index (χ3v) is 3.55. The van der Waals surface area contributed by atoms with Crippen LogP contribution in [0.15, 0.2) is 29.0 Å². The number of hydrogen-bond acceptors (Lipinski definition) is 3. The van der Waals surface area contributed by atoms with E-state index in [4.69, 9.17) is 5.73 Å². The van der Waals surface area contributed by atoms with Crippen molar-refractivity contribution in [2.24, 2.45) is 0 Å². The zero-order valence-electron chi connectivity index (χ0n) is 9.58. The largest absolute Gasteiger partial charge is 0.399 e. The van der Waals surface area contributed by atoms with Gasteiger partial charge in [-0.1, -0.05) is 6.07 Å². The molecule has 0 aliphatic carbocycles. The molecule has 0 saturated heterocycles. The number of nitrogens with one attached hydrogen (secondary N) is 1. The molecule has 1 aromatic heterocycles. The summed E-state index contributed by atoms with van der Waals surface area (Å²) in [6.07, 6.45) is 0. The van der Waals surface area contributed by atoms with Crippen LogP contribution in [0.4, 0.5) is 11.4 Å². The first-order valence-corrected chi connectivity index (χ1v) is 6.23. The molecule has 0 fully saturated rings. The third-order valence-electron chi connectivity index (χ3n) is 2.87. The number of thiophene rings is 1. The minimum atomic E-state index is 0.833. The van der Waals surface area contributed by atoms with Gasteiger partial charge in [-0.2, -0.15) is 11.3 Å². The van der Waals surface area contributed by atoms with Crippen molar-refractivity contribution in [1.29, 1.82) is 0 Å². The van der Waals surface area contributed by atoms with Crippen molar-refractivity contribution >= 4 is 22.7 Å². The van der Waals surface area contributed by atoms with Crippen molar-refractivity contribution in [3.63, 3.8) is 0 Å². The van der Waals surface area contributed by atoms with Gasteiger partial charge in [0, 0.05) is 23.3 Å². The van der Waals surface area contributed by atoms with Gasteiger partial charge in [-0.3, -0.25) is 0 Å². The molecule has 3 heteroatoms. The molecule has 3 N–H and O–H groups in total. The van der Waals surface area contributed by atoms with Crippen molar-refractivity contribution < 1.29 is 0 Å². The molecular formula is C13H16N2S. The van der Waals surface area contributed by atoms with Gasteiger partial charge in [-0.25, -0.2) is 0 Å². The Hall–Kier alpha value is -1.48. The predicted octanol–water partition coefficient (Wildman–Crippen LogP) is 3.56. The third kappa shape index (κ3) is 2.19. The summed E-state index contributed by atoms with van der Waals surface area (Å²) in [7, 11) is 0. The molecule has 0 radical (unpaired) electrons. The van der Waals surface area contributed by atoms with Crippen molar-refractivity contribution in [2.75, 3.05) is 11.1 Å². The molecule has 0 atom stereocenters. The van der Waals surface area contributed by atoms with E-state index in [0.717, 1.165) is 12.2 Å². The van der Waals surface area contributed by atoms with Gasteiger partial charge in [0.2, 0.25) is 0 Å². The zero-order chi connectivity index (χ0) is 11.5. The Labute approximate surface area is 100 Å². The monoisotopic (exact) mass is 232 g/mol. The molecular weight excluding hydrogens is 216 g/mol. The van der Waals surface area contributed by atoms with Crippen LogP contribution >= 0.6 is 11.3 Å². The summed E-state index contributed by atoms with van der Waals surface area (Å²) in [5.41, 5.74) is 11.7. The maximum atomic E-state index is 5.91. The van der Waals surface area contributed by atoms with Crippen molar-refractivity contribution in [3.8, 4) is 0 Å². The molecule has 1 aromatic carbocycles. The number of anilines is 2. The van der Waals surface area contributed by atoms with Gasteiger partial charge in [0.1, 0.15) is 0 Å². The fraction of sp³-hybridized carbons (Fsp3) is 0.231. The number of rotatable bonds is 3. The highest BCUT2D eigenvalue weighted by molar-refractivity contribution is 7.08. The number of nitrogens with two attached hydrogens (primary N) is 1. The van der Waals surface area contributed by atoms with Gasteiger partial charge in [-0.15, -0.1) is 0 Å². The molecule has 0 saturated carbocycles. The van der Waals surface area contributed by atoms with Crippen LogP contribution in [0.5, 0.6) is 0 Å². The lowest BCUT2D eigenvalue weighted by atomic mass is 10.0. The quantitative estimate of drug-likeness (QED) is 0.794. The first-order valence-electron chi connectivity index (χ1n) is 5.29. The number of benzene rings is 1. The maximum Gasteiger partial charge on any atom is 0.0451 e. The molecule has 0 unspecified atom stereocenters. The van der Waals surface area contributed by atoms with Crippen LogP contribution in [0.3, 0.4) is 0 Å². The van der Waals surface area contributed by atoms with E-state index < -0.39 is 0 Å². The minimum absolute atomic E-state index is 0.833. The topological polar surface area (TPSA) is 38.0 Å². The van der Waals surface area contributed by atoms with Crippen LogP contribution in [-0.4, -0.2) is 0 Å². The fourth-order valence-electron chi connectivity index (χ4n) is 1.74. The standard InChI is InChI=1S/C13H16N2S/c1-9-3-4-13(14)10(2)12(9)7-15-11-5-6-16-8-11/h3-6,8,15H,7,14H2,1-2H3. The second-order valence-electron chi connectivity index (χ2n) is 3.94. The summed E-state index contributed by atoms with van der Waals surface area (Å²) in [5.74, 6) is 0. The summed E-state index contributed by atoms with van der Waals surface area (Å²) in [5, 5.41) is 7.58. The Kier molecular flexibility index (Phi) is 3.15. The van der Waals surface area contributed by atoms with E-state index in [-0.39, 0.29) is 0 Å². The fourth-order valence-corrected chi connectivity index (χ4v) is 2.35. The summed E-state index contributed by atoms with van der Waals surface area (Å²) in [6, 6.07) is 6.13. The number of nitrogen functional groups attached to an aromatic ring is 1. The lowest BCUT2D eigenvalue weighted by molar-refractivity contribution is 1.09. The summed E-state index contributed by atoms with van der Waals surface area (Å²) in [6.45, 7) is 5.03. The van der Waals surface area contributed by atoms with Crippen LogP contribution in [0, 0.1) is 13.8 Å². The summed E-state index contributed by atoms with van der Waals surface area (Å²) < 4.78 is 0. The van der Waals surface area contributed by atoms with Crippen molar-refractivity contribution in [3.05, 3.63) is 45.6 Å². The highest BCUT2D eigenvalue weighted by atomic mass is 32.1. The number of aryl methyl sites for hydroxylation is 1. The lowest BCUT2D eigenvalue weighted by Crippen LogP contribution is -2.05. The molecule has 2 aromatic rings. The zero-order valence-corrected chi connectivity index (χ0v) is 10.4. The van der Waals surface area contributed by atoms with Gasteiger partial charge in [-0.05, 0) is 48.1 Å². The highest BCUT2D eigenvalue weighted by Crippen LogP contribution is 2.21. The van der Waals surface area contributed by atoms with Crippen molar-refractivity contribution in [2.45, 2.75) is 20.4 Å². The van der Waals surface area contributed by atoms with E-state index in [1.165, 1.54) is 22.4 Å². The molecule has 1 heterocycles. The minimum Gasteiger partial charge on any atom is -0.399 e. The van der Waals surface area contributed by atoms with Crippen LogP contribution in [-0.2, 0) is 6.54 Å². The first kappa shape index (κ1) is 11.0. The van der Waals surface area contributed by atoms with E-state index in [9.17, 15) is 0 Å². The SMILES string of the molecule is Cc1ccc(N)c(C)c1CNc1ccsc1. The average molecular weight is 232 g/mol. The average Bonchev–Trinajstić information content (AvgIpc) is 2.77. The summed E-state index contributed by atoms with van der Waals surface area (Å²) >= 11 is 1.70. The summed E-state index contributed by atoms with van der Waals surface area (Å²) in [4.78, 5) is 0. The van der Waals surface area contributed by atoms with Gasteiger partial charge in [0.05, 0.1) is 0 Å². The molecule has 84 valence electrons. The first-order chi connectivity index (χ1) is 7.68. The molecule has 16 heavy (non-hydrogen) atoms. The van der Waals surface area contributed by atoms with Crippen LogP contribution in [0.2, 0.25) is 0 Å². The Morgan fingerprint density at radius 1 is 1.25 bits per heavy atom. The lowest BCUT2D eigenvalue weighted by Gasteiger charge is -2.13. The second kappa shape index (κ2) is 4.58. The van der Waals surface area contributed by atoms with Crippen LogP contribution in [0.25, 0.3) is 0 Å². The van der Waals surface area contributed by atoms with Gasteiger partial charge >= 0.3 is 0 Å². The Morgan fingerprint density at radius 2 is 2.06 bits per heavy atom. The van der Waals surface area contributed by atoms with Gasteiger partial charge in [0.25, 0.3) is 0 Å². The van der Waals surface area contributed by atoms with Gasteiger partial charge in [0.15, 0.2) is 0 Å². The highest BCUT2D eigenvalue weighted by Gasteiger charge is 2.05. The van der Waals surface area contributed by atoms with E-state index in [1.54, 1.807) is 11.3 Å². The van der Waals surface area contributed by atoms with E-state index in [1.807, 2.05) is 6.07 Å². The molecule has 2 nitrogen and oxygen atoms in total. The molecule has 0 aliphatic rings. The van der Waals surface area contributed by atoms with Crippen LogP contribution < -0.4 is 11.1 Å². The van der Waals surface area contributed by atoms with E-state index in [0.29, 0.717) is 0 Å². The smallest absolute Gasteiger partial charge is 0.0451 e. The molecule has 0 amide bonds. The van der Waals surface area contributed by atoms with Gasteiger partial charge < -0.3 is 11.1 Å². The maximum absolute atomic E-state index is 5.91. The number of hydrogen-bond donors (Lipinski definition) is 2.